The van der Waals surface area contributed by atoms with Gasteiger partial charge in [-0.05, 0) is 25.7 Å². The van der Waals surface area contributed by atoms with Gasteiger partial charge in [0, 0.05) is 12.8 Å². The Bertz CT molecular complexity index is 928. The molecule has 1 amide bonds. The number of ether oxygens (including phenoxy) is 1. The van der Waals surface area contributed by atoms with Gasteiger partial charge < -0.3 is 20.3 Å². The van der Waals surface area contributed by atoms with Crippen LogP contribution >= 0.6 is 0 Å². The molecule has 388 valence electrons. The summed E-state index contributed by atoms with van der Waals surface area (Å²) >= 11 is 0. The van der Waals surface area contributed by atoms with E-state index in [1.54, 1.807) is 0 Å². The van der Waals surface area contributed by atoms with Gasteiger partial charge in [0.1, 0.15) is 0 Å². The van der Waals surface area contributed by atoms with Crippen LogP contribution in [0.25, 0.3) is 0 Å². The number of esters is 1. The molecule has 0 aliphatic carbocycles. The number of nitrogens with one attached hydrogen (secondary N) is 1. The van der Waals surface area contributed by atoms with Crippen LogP contribution in [-0.2, 0) is 14.3 Å². The molecule has 2 atom stereocenters. The molecule has 0 aromatic rings. The molecule has 2 unspecified atom stereocenters. The molecular formula is C59H117NO5. The maximum Gasteiger partial charge on any atom is 0.305 e. The third kappa shape index (κ3) is 52.1. The molecule has 0 rings (SSSR count). The van der Waals surface area contributed by atoms with E-state index in [-0.39, 0.29) is 18.5 Å². The summed E-state index contributed by atoms with van der Waals surface area (Å²) in [7, 11) is 0. The van der Waals surface area contributed by atoms with Crippen LogP contribution < -0.4 is 5.32 Å². The highest BCUT2D eigenvalue weighted by Crippen LogP contribution is 2.18. The van der Waals surface area contributed by atoms with Crippen molar-refractivity contribution in [3.05, 3.63) is 0 Å². The van der Waals surface area contributed by atoms with Crippen LogP contribution in [0.3, 0.4) is 0 Å². The third-order valence-corrected chi connectivity index (χ3v) is 14.2. The van der Waals surface area contributed by atoms with Gasteiger partial charge in [-0.25, -0.2) is 0 Å². The lowest BCUT2D eigenvalue weighted by molar-refractivity contribution is -0.143. The van der Waals surface area contributed by atoms with Gasteiger partial charge in [0.2, 0.25) is 5.91 Å². The Morgan fingerprint density at radius 2 is 0.631 bits per heavy atom. The van der Waals surface area contributed by atoms with Gasteiger partial charge in [-0.2, -0.15) is 0 Å². The molecule has 6 nitrogen and oxygen atoms in total. The zero-order chi connectivity index (χ0) is 47.2. The number of aliphatic hydroxyl groups excluding tert-OH is 2. The zero-order valence-electron chi connectivity index (χ0n) is 44.3. The maximum atomic E-state index is 12.5. The fraction of sp³-hybridized carbons (Fsp3) is 0.966. The van der Waals surface area contributed by atoms with Crippen LogP contribution in [0.4, 0.5) is 0 Å². The standard InChI is InChI=1S/C59H117NO5/c1-3-5-7-9-11-13-15-17-19-21-23-27-31-35-39-43-47-51-57(62)56(55-61)60-58(63)52-48-44-40-36-32-28-25-26-30-34-38-42-46-50-54-65-59(64)53-49-45-41-37-33-29-24-22-20-18-16-14-12-10-8-6-4-2/h56-57,61-62H,3-55H2,1-2H3,(H,60,63). The van der Waals surface area contributed by atoms with E-state index in [1.165, 1.54) is 257 Å². The normalized spacial score (nSPS) is 12.5. The van der Waals surface area contributed by atoms with Crippen LogP contribution in [0.2, 0.25) is 0 Å². The van der Waals surface area contributed by atoms with Gasteiger partial charge in [-0.1, -0.05) is 303 Å². The predicted octanol–water partition coefficient (Wildman–Crippen LogP) is 18.3. The van der Waals surface area contributed by atoms with Crippen molar-refractivity contribution < 1.29 is 24.5 Å². The minimum atomic E-state index is -0.670. The number of carbonyl (C=O) groups is 2. The number of hydrogen-bond acceptors (Lipinski definition) is 5. The van der Waals surface area contributed by atoms with Gasteiger partial charge in [0.15, 0.2) is 0 Å². The predicted molar refractivity (Wildman–Crippen MR) is 283 cm³/mol. The number of carbonyl (C=O) groups excluding carboxylic acids is 2. The molecule has 65 heavy (non-hydrogen) atoms. The lowest BCUT2D eigenvalue weighted by atomic mass is 10.0. The second kappa shape index (κ2) is 55.5. The first-order valence-electron chi connectivity index (χ1n) is 29.8. The Morgan fingerprint density at radius 3 is 0.938 bits per heavy atom. The fourth-order valence-corrected chi connectivity index (χ4v) is 9.58. The molecule has 0 heterocycles. The fourth-order valence-electron chi connectivity index (χ4n) is 9.58. The van der Waals surface area contributed by atoms with E-state index in [0.717, 1.165) is 51.4 Å². The van der Waals surface area contributed by atoms with Gasteiger partial charge in [0.25, 0.3) is 0 Å². The van der Waals surface area contributed by atoms with Crippen LogP contribution in [0.5, 0.6) is 0 Å². The highest BCUT2D eigenvalue weighted by atomic mass is 16.5. The lowest BCUT2D eigenvalue weighted by Gasteiger charge is -2.22. The van der Waals surface area contributed by atoms with Crippen molar-refractivity contribution in [2.75, 3.05) is 13.2 Å². The second-order valence-corrected chi connectivity index (χ2v) is 20.7. The molecule has 0 aliphatic heterocycles. The van der Waals surface area contributed by atoms with Crippen LogP contribution in [0, 0.1) is 0 Å². The van der Waals surface area contributed by atoms with Gasteiger partial charge >= 0.3 is 5.97 Å². The van der Waals surface area contributed by atoms with Crippen LogP contribution in [-0.4, -0.2) is 47.4 Å². The molecular weight excluding hydrogens is 803 g/mol. The highest BCUT2D eigenvalue weighted by molar-refractivity contribution is 5.76. The summed E-state index contributed by atoms with van der Waals surface area (Å²) < 4.78 is 5.49. The average molecular weight is 921 g/mol. The molecule has 0 radical (unpaired) electrons. The van der Waals surface area contributed by atoms with Crippen LogP contribution in [0.15, 0.2) is 0 Å². The summed E-state index contributed by atoms with van der Waals surface area (Å²) in [6.07, 6.45) is 63.8. The zero-order valence-corrected chi connectivity index (χ0v) is 44.3. The summed E-state index contributed by atoms with van der Waals surface area (Å²) in [4.78, 5) is 24.6. The Labute approximate surface area is 406 Å². The third-order valence-electron chi connectivity index (χ3n) is 14.2. The molecule has 6 heteroatoms. The number of rotatable bonds is 56. The Morgan fingerprint density at radius 1 is 0.369 bits per heavy atom. The van der Waals surface area contributed by atoms with Crippen molar-refractivity contribution >= 4 is 11.9 Å². The van der Waals surface area contributed by atoms with E-state index in [2.05, 4.69) is 19.2 Å². The van der Waals surface area contributed by atoms with Crippen LogP contribution in [0.1, 0.15) is 341 Å². The number of unbranched alkanes of at least 4 members (excludes halogenated alkanes) is 45. The van der Waals surface area contributed by atoms with Gasteiger partial charge in [0.05, 0.1) is 25.4 Å². The van der Waals surface area contributed by atoms with E-state index in [0.29, 0.717) is 25.9 Å². The summed E-state index contributed by atoms with van der Waals surface area (Å²) in [5.74, 6) is -0.0387. The topological polar surface area (TPSA) is 95.9 Å². The number of hydrogen-bond donors (Lipinski definition) is 3. The van der Waals surface area contributed by atoms with E-state index in [9.17, 15) is 19.8 Å². The quantitative estimate of drug-likeness (QED) is 0.0417. The first-order valence-corrected chi connectivity index (χ1v) is 29.8. The molecule has 0 aliphatic rings. The highest BCUT2D eigenvalue weighted by Gasteiger charge is 2.20. The molecule has 0 aromatic carbocycles. The molecule has 3 N–H and O–H groups in total. The van der Waals surface area contributed by atoms with Crippen molar-refractivity contribution in [1.82, 2.24) is 5.32 Å². The van der Waals surface area contributed by atoms with Crippen molar-refractivity contribution in [3.63, 3.8) is 0 Å². The summed E-state index contributed by atoms with van der Waals surface area (Å²) in [6, 6.07) is -0.548. The molecule has 0 spiro atoms. The number of aliphatic hydroxyl groups is 2. The van der Waals surface area contributed by atoms with E-state index in [1.807, 2.05) is 0 Å². The van der Waals surface area contributed by atoms with Gasteiger partial charge in [-0.3, -0.25) is 9.59 Å². The Kier molecular flexibility index (Phi) is 54.5. The Balaban J connectivity index is 3.41. The first-order chi connectivity index (χ1) is 32.0. The van der Waals surface area contributed by atoms with E-state index >= 15 is 0 Å². The minimum Gasteiger partial charge on any atom is -0.466 e. The minimum absolute atomic E-state index is 0.00301. The van der Waals surface area contributed by atoms with E-state index < -0.39 is 12.1 Å². The summed E-state index contributed by atoms with van der Waals surface area (Å²) in [6.45, 7) is 4.97. The molecule has 0 bridgehead atoms. The lowest BCUT2D eigenvalue weighted by Crippen LogP contribution is -2.45. The molecule has 0 aromatic heterocycles. The van der Waals surface area contributed by atoms with Crippen molar-refractivity contribution in [2.24, 2.45) is 0 Å². The van der Waals surface area contributed by atoms with Crippen molar-refractivity contribution in [2.45, 2.75) is 353 Å². The Hall–Kier alpha value is -1.14. The first kappa shape index (κ1) is 63.9. The maximum absolute atomic E-state index is 12.5. The average Bonchev–Trinajstić information content (AvgIpc) is 3.31. The van der Waals surface area contributed by atoms with E-state index in [4.69, 9.17) is 4.74 Å². The molecule has 0 saturated heterocycles. The largest absolute Gasteiger partial charge is 0.466 e. The molecule has 0 fully saturated rings. The summed E-state index contributed by atoms with van der Waals surface area (Å²) in [5, 5.41) is 23.3. The van der Waals surface area contributed by atoms with Crippen molar-refractivity contribution in [1.29, 1.82) is 0 Å². The second-order valence-electron chi connectivity index (χ2n) is 20.7. The monoisotopic (exact) mass is 920 g/mol. The number of amides is 1. The smallest absolute Gasteiger partial charge is 0.305 e. The summed E-state index contributed by atoms with van der Waals surface area (Å²) in [5.41, 5.74) is 0. The van der Waals surface area contributed by atoms with Crippen molar-refractivity contribution in [3.8, 4) is 0 Å². The SMILES string of the molecule is CCCCCCCCCCCCCCCCCCCC(=O)OCCCCCCCCCCCCCCCCC(=O)NC(CO)C(O)CCCCCCCCCCCCCCCCCCC. The molecule has 0 saturated carbocycles. The van der Waals surface area contributed by atoms with Gasteiger partial charge in [-0.15, -0.1) is 0 Å².